The van der Waals surface area contributed by atoms with Gasteiger partial charge in [0.2, 0.25) is 5.91 Å². The number of amides is 1. The van der Waals surface area contributed by atoms with Gasteiger partial charge in [0, 0.05) is 6.42 Å². The summed E-state index contributed by atoms with van der Waals surface area (Å²) in [5.41, 5.74) is 0. The molecule has 0 bridgehead atoms. The third-order valence-electron chi connectivity index (χ3n) is 14.8. The molecule has 19 nitrogen and oxygen atoms in total. The number of ether oxygens (including phenoxy) is 6. The summed E-state index contributed by atoms with van der Waals surface area (Å²) in [6, 6.07) is -0.997. The van der Waals surface area contributed by atoms with E-state index in [1.807, 2.05) is 6.08 Å². The molecule has 3 rings (SSSR count). The molecule has 0 aromatic heterocycles. The van der Waals surface area contributed by atoms with Crippen molar-refractivity contribution in [2.45, 2.75) is 285 Å². The number of rotatable bonds is 43. The molecule has 0 aliphatic carbocycles. The summed E-state index contributed by atoms with van der Waals surface area (Å²) in [4.78, 5) is 13.3. The van der Waals surface area contributed by atoms with E-state index in [1.54, 1.807) is 6.08 Å². The van der Waals surface area contributed by atoms with Gasteiger partial charge in [-0.15, -0.1) is 0 Å². The second-order valence-corrected chi connectivity index (χ2v) is 21.4. The molecule has 3 saturated heterocycles. The van der Waals surface area contributed by atoms with Crippen LogP contribution in [0.1, 0.15) is 181 Å². The summed E-state index contributed by atoms with van der Waals surface area (Å²) in [5, 5.41) is 120. The van der Waals surface area contributed by atoms with Gasteiger partial charge in [0.15, 0.2) is 18.9 Å². The fraction of sp³-hybridized carbons (Fsp3) is 0.817. The maximum Gasteiger partial charge on any atom is 0.220 e. The van der Waals surface area contributed by atoms with Crippen LogP contribution < -0.4 is 5.32 Å². The van der Waals surface area contributed by atoms with Crippen molar-refractivity contribution in [3.63, 3.8) is 0 Å². The Hall–Kier alpha value is -2.51. The molecule has 458 valence electrons. The Bertz CT molecular complexity index is 1680. The molecule has 0 spiro atoms. The van der Waals surface area contributed by atoms with Crippen molar-refractivity contribution in [2.24, 2.45) is 0 Å². The third-order valence-corrected chi connectivity index (χ3v) is 14.8. The number of aliphatic hydroxyl groups is 11. The number of aliphatic hydroxyl groups excluding tert-OH is 11. The summed E-state index contributed by atoms with van der Waals surface area (Å²) in [6.45, 7) is 1.57. The first-order valence-corrected chi connectivity index (χ1v) is 30.0. The van der Waals surface area contributed by atoms with Gasteiger partial charge < -0.3 is 89.9 Å². The van der Waals surface area contributed by atoms with Crippen molar-refractivity contribution in [1.82, 2.24) is 5.32 Å². The molecule has 1 amide bonds. The molecule has 17 unspecified atom stereocenters. The third kappa shape index (κ3) is 27.2. The van der Waals surface area contributed by atoms with E-state index >= 15 is 0 Å². The van der Waals surface area contributed by atoms with Crippen LogP contribution in [0.4, 0.5) is 0 Å². The van der Waals surface area contributed by atoms with E-state index in [-0.39, 0.29) is 18.9 Å². The minimum Gasteiger partial charge on any atom is -0.394 e. The zero-order valence-corrected chi connectivity index (χ0v) is 47.6. The fourth-order valence-electron chi connectivity index (χ4n) is 9.87. The quantitative estimate of drug-likeness (QED) is 0.0274. The Morgan fingerprint density at radius 2 is 0.886 bits per heavy atom. The molecular formula is C60H105NO18. The number of unbranched alkanes of at least 4 members (excludes halogenated alkanes) is 19. The van der Waals surface area contributed by atoms with Crippen molar-refractivity contribution < 1.29 is 89.4 Å². The molecule has 0 aromatic carbocycles. The van der Waals surface area contributed by atoms with Crippen LogP contribution in [0, 0.1) is 0 Å². The number of allylic oxidation sites excluding steroid dienone is 9. The van der Waals surface area contributed by atoms with Gasteiger partial charge in [0.05, 0.1) is 38.6 Å². The van der Waals surface area contributed by atoms with Crippen LogP contribution in [-0.2, 0) is 33.2 Å². The topological polar surface area (TPSA) is 307 Å². The summed E-state index contributed by atoms with van der Waals surface area (Å²) in [6.07, 6.45) is 22.0. The van der Waals surface area contributed by atoms with Crippen LogP contribution in [0.3, 0.4) is 0 Å². The SMILES string of the molecule is CC/C=C\C/C=C\C/C=C\CCCCCCCCCC(=O)NC(COC1OC(CO)C(OC2OC(CO)C(OC3OC(CO)C(O)C(O)C3O)C(O)C2O)C(O)C1O)C(O)/C=C/CC/C=C/CCCCCCCCCCCCC. The number of nitrogens with one attached hydrogen (secondary N) is 1. The number of carbonyl (C=O) groups excluding carboxylic acids is 1. The summed E-state index contributed by atoms with van der Waals surface area (Å²) in [5.74, 6) is -0.299. The molecule has 79 heavy (non-hydrogen) atoms. The van der Waals surface area contributed by atoms with Gasteiger partial charge in [0.1, 0.15) is 73.2 Å². The lowest BCUT2D eigenvalue weighted by Gasteiger charge is -2.48. The standard InChI is InChI=1S/C60H105NO18/c1-3-5-7-9-11-13-15-17-19-21-23-25-27-29-31-33-35-37-44(65)43(61-48(66)38-36-34-32-30-28-26-24-22-20-18-16-14-12-10-8-6-4-2)42-74-58-54(72)51(69)56(46(40-63)76-58)79-60-55(73)52(70)57(47(41-64)77-60)78-59-53(71)50(68)49(67)45(39-62)75-59/h6,8,12,14,18,20,27,29,35,37,43-47,49-60,62-65,67-73H,3-5,7,9-11,13,15-17,19,21-26,28,30-34,36,38-42H2,1-2H3,(H,61,66)/b8-6-,14-12-,20-18-,29-27+,37-35+. The Balaban J connectivity index is 1.52. The lowest BCUT2D eigenvalue weighted by molar-refractivity contribution is -0.379. The zero-order valence-electron chi connectivity index (χ0n) is 47.6. The Labute approximate surface area is 471 Å². The smallest absolute Gasteiger partial charge is 0.220 e. The van der Waals surface area contributed by atoms with E-state index in [0.717, 1.165) is 83.5 Å². The molecule has 0 radical (unpaired) electrons. The van der Waals surface area contributed by atoms with Gasteiger partial charge in [-0.05, 0) is 64.2 Å². The van der Waals surface area contributed by atoms with Gasteiger partial charge >= 0.3 is 0 Å². The number of hydrogen-bond acceptors (Lipinski definition) is 18. The van der Waals surface area contributed by atoms with E-state index < -0.39 is 124 Å². The maximum atomic E-state index is 13.3. The summed E-state index contributed by atoms with van der Waals surface area (Å²) >= 11 is 0. The van der Waals surface area contributed by atoms with Crippen LogP contribution >= 0.6 is 0 Å². The second kappa shape index (κ2) is 43.2. The molecule has 0 saturated carbocycles. The van der Waals surface area contributed by atoms with E-state index in [4.69, 9.17) is 28.4 Å². The second-order valence-electron chi connectivity index (χ2n) is 21.4. The molecular weight excluding hydrogens is 1020 g/mol. The highest BCUT2D eigenvalue weighted by Gasteiger charge is 2.53. The average Bonchev–Trinajstić information content (AvgIpc) is 3.54. The Kier molecular flexibility index (Phi) is 38.7. The highest BCUT2D eigenvalue weighted by Crippen LogP contribution is 2.33. The van der Waals surface area contributed by atoms with E-state index in [1.165, 1.54) is 64.2 Å². The van der Waals surface area contributed by atoms with Crippen LogP contribution in [0.5, 0.6) is 0 Å². The lowest BCUT2D eigenvalue weighted by Crippen LogP contribution is -2.66. The van der Waals surface area contributed by atoms with Crippen molar-refractivity contribution >= 4 is 5.91 Å². The van der Waals surface area contributed by atoms with Gasteiger partial charge in [-0.2, -0.15) is 0 Å². The predicted octanol–water partition coefficient (Wildman–Crippen LogP) is 5.26. The van der Waals surface area contributed by atoms with Gasteiger partial charge in [0.25, 0.3) is 0 Å². The van der Waals surface area contributed by atoms with Crippen molar-refractivity contribution in [3.8, 4) is 0 Å². The Morgan fingerprint density at radius 1 is 0.468 bits per heavy atom. The fourth-order valence-corrected chi connectivity index (χ4v) is 9.87. The number of hydrogen-bond donors (Lipinski definition) is 12. The molecule has 3 heterocycles. The largest absolute Gasteiger partial charge is 0.394 e. The lowest BCUT2D eigenvalue weighted by atomic mass is 9.96. The van der Waals surface area contributed by atoms with Crippen LogP contribution in [0.25, 0.3) is 0 Å². The predicted molar refractivity (Wildman–Crippen MR) is 300 cm³/mol. The zero-order chi connectivity index (χ0) is 57.6. The van der Waals surface area contributed by atoms with E-state index in [2.05, 4.69) is 67.8 Å². The first kappa shape index (κ1) is 70.8. The first-order valence-electron chi connectivity index (χ1n) is 30.0. The molecule has 0 aromatic rings. The highest BCUT2D eigenvalue weighted by atomic mass is 16.8. The Morgan fingerprint density at radius 3 is 1.42 bits per heavy atom. The summed E-state index contributed by atoms with van der Waals surface area (Å²) < 4.78 is 34.2. The van der Waals surface area contributed by atoms with Gasteiger partial charge in [-0.1, -0.05) is 171 Å². The summed E-state index contributed by atoms with van der Waals surface area (Å²) in [7, 11) is 0. The van der Waals surface area contributed by atoms with Crippen LogP contribution in [0.2, 0.25) is 0 Å². The van der Waals surface area contributed by atoms with Crippen molar-refractivity contribution in [1.29, 1.82) is 0 Å². The monoisotopic (exact) mass is 1130 g/mol. The van der Waals surface area contributed by atoms with Crippen LogP contribution in [-0.4, -0.2) is 193 Å². The van der Waals surface area contributed by atoms with Crippen molar-refractivity contribution in [2.75, 3.05) is 26.4 Å². The minimum atomic E-state index is -1.98. The minimum absolute atomic E-state index is 0.222. The molecule has 17 atom stereocenters. The average molecular weight is 1130 g/mol. The van der Waals surface area contributed by atoms with E-state index in [9.17, 15) is 61.0 Å². The van der Waals surface area contributed by atoms with Crippen LogP contribution in [0.15, 0.2) is 60.8 Å². The molecule has 3 aliphatic heterocycles. The normalized spacial score (nSPS) is 30.7. The molecule has 3 fully saturated rings. The van der Waals surface area contributed by atoms with E-state index in [0.29, 0.717) is 12.8 Å². The maximum absolute atomic E-state index is 13.3. The van der Waals surface area contributed by atoms with Gasteiger partial charge in [-0.25, -0.2) is 0 Å². The van der Waals surface area contributed by atoms with Gasteiger partial charge in [-0.3, -0.25) is 4.79 Å². The number of carbonyl (C=O) groups is 1. The highest BCUT2D eigenvalue weighted by molar-refractivity contribution is 5.76. The molecule has 12 N–H and O–H groups in total. The molecule has 19 heteroatoms. The van der Waals surface area contributed by atoms with Crippen molar-refractivity contribution in [3.05, 3.63) is 60.8 Å². The molecule has 3 aliphatic rings. The first-order chi connectivity index (χ1) is 38.3.